The maximum Gasteiger partial charge on any atom is 0.318 e. The van der Waals surface area contributed by atoms with Crippen molar-refractivity contribution >= 4 is 6.03 Å². The molecule has 0 spiro atoms. The van der Waals surface area contributed by atoms with Crippen LogP contribution in [0.15, 0.2) is 0 Å². The molecule has 1 fully saturated rings. The van der Waals surface area contributed by atoms with Crippen LogP contribution >= 0.6 is 0 Å². The summed E-state index contributed by atoms with van der Waals surface area (Å²) in [5, 5.41) is 11.9. The zero-order valence-corrected chi connectivity index (χ0v) is 9.21. The van der Waals surface area contributed by atoms with Crippen molar-refractivity contribution < 1.29 is 9.90 Å². The van der Waals surface area contributed by atoms with Crippen molar-refractivity contribution in [3.63, 3.8) is 0 Å². The van der Waals surface area contributed by atoms with Gasteiger partial charge in [-0.15, -0.1) is 0 Å². The Hall–Kier alpha value is -0.770. The van der Waals surface area contributed by atoms with Gasteiger partial charge in [0.05, 0.1) is 12.6 Å². The Labute approximate surface area is 85.3 Å². The fourth-order valence-corrected chi connectivity index (χ4v) is 1.35. The number of rotatable bonds is 3. The molecule has 2 amide bonds. The minimum Gasteiger partial charge on any atom is -0.394 e. The van der Waals surface area contributed by atoms with E-state index < -0.39 is 0 Å². The molecule has 4 nitrogen and oxygen atoms in total. The molecule has 1 atom stereocenters. The fourth-order valence-electron chi connectivity index (χ4n) is 1.35. The Morgan fingerprint density at radius 1 is 1.64 bits per heavy atom. The van der Waals surface area contributed by atoms with Crippen molar-refractivity contribution in [2.24, 2.45) is 0 Å². The summed E-state index contributed by atoms with van der Waals surface area (Å²) in [4.78, 5) is 13.4. The Morgan fingerprint density at radius 3 is 2.64 bits per heavy atom. The molecule has 0 aliphatic carbocycles. The molecule has 1 aliphatic rings. The minimum absolute atomic E-state index is 0.0302. The zero-order valence-electron chi connectivity index (χ0n) is 9.21. The monoisotopic (exact) mass is 200 g/mol. The zero-order chi connectivity index (χ0) is 10.8. The van der Waals surface area contributed by atoms with E-state index in [1.54, 1.807) is 4.90 Å². The molecule has 0 bridgehead atoms. The van der Waals surface area contributed by atoms with Crippen LogP contribution in [-0.4, -0.2) is 40.8 Å². The second-order valence-corrected chi connectivity index (χ2v) is 4.49. The van der Waals surface area contributed by atoms with Gasteiger partial charge >= 0.3 is 6.03 Å². The first-order valence-electron chi connectivity index (χ1n) is 5.20. The number of aliphatic hydroxyl groups excluding tert-OH is 1. The Bertz CT molecular complexity index is 214. The third-order valence-electron chi connectivity index (χ3n) is 2.94. The molecule has 0 radical (unpaired) electrons. The normalized spacial score (nSPS) is 21.7. The quantitative estimate of drug-likeness (QED) is 0.712. The first-order chi connectivity index (χ1) is 6.50. The summed E-state index contributed by atoms with van der Waals surface area (Å²) in [7, 11) is 0. The van der Waals surface area contributed by atoms with Crippen molar-refractivity contribution in [2.45, 2.75) is 45.2 Å². The topological polar surface area (TPSA) is 52.6 Å². The van der Waals surface area contributed by atoms with Crippen LogP contribution in [0.5, 0.6) is 0 Å². The molecule has 2 N–H and O–H groups in total. The van der Waals surface area contributed by atoms with E-state index in [0.29, 0.717) is 0 Å². The van der Waals surface area contributed by atoms with E-state index >= 15 is 0 Å². The average molecular weight is 200 g/mol. The van der Waals surface area contributed by atoms with Crippen molar-refractivity contribution in [3.8, 4) is 0 Å². The van der Waals surface area contributed by atoms with Gasteiger partial charge in [0.15, 0.2) is 0 Å². The number of amides is 2. The lowest BCUT2D eigenvalue weighted by molar-refractivity contribution is 0.0663. The largest absolute Gasteiger partial charge is 0.394 e. The molecule has 1 saturated heterocycles. The molecular weight excluding hydrogens is 180 g/mol. The lowest BCUT2D eigenvalue weighted by atomic mass is 10.0. The molecule has 4 heteroatoms. The lowest BCUT2D eigenvalue weighted by Gasteiger charge is -2.41. The number of carbonyl (C=O) groups is 1. The van der Waals surface area contributed by atoms with Crippen LogP contribution in [0.3, 0.4) is 0 Å². The molecule has 1 aliphatic heterocycles. The SMILES string of the molecule is CCC(C)(C)NC(=O)N1CCC1CO. The van der Waals surface area contributed by atoms with Gasteiger partial charge < -0.3 is 15.3 Å². The van der Waals surface area contributed by atoms with Crippen molar-refractivity contribution in [1.82, 2.24) is 10.2 Å². The Balaban J connectivity index is 2.42. The van der Waals surface area contributed by atoms with E-state index in [1.165, 1.54) is 0 Å². The highest BCUT2D eigenvalue weighted by Crippen LogP contribution is 2.18. The summed E-state index contributed by atoms with van der Waals surface area (Å²) in [6.07, 6.45) is 1.81. The summed E-state index contributed by atoms with van der Waals surface area (Å²) in [5.74, 6) is 0. The third-order valence-corrected chi connectivity index (χ3v) is 2.94. The highest BCUT2D eigenvalue weighted by Gasteiger charge is 2.33. The van der Waals surface area contributed by atoms with Gasteiger partial charge in [0, 0.05) is 12.1 Å². The third kappa shape index (κ3) is 2.38. The van der Waals surface area contributed by atoms with E-state index in [2.05, 4.69) is 5.32 Å². The van der Waals surface area contributed by atoms with Gasteiger partial charge in [-0.3, -0.25) is 0 Å². The Morgan fingerprint density at radius 2 is 2.29 bits per heavy atom. The van der Waals surface area contributed by atoms with Crippen LogP contribution in [0.1, 0.15) is 33.6 Å². The molecule has 14 heavy (non-hydrogen) atoms. The smallest absolute Gasteiger partial charge is 0.318 e. The molecule has 82 valence electrons. The molecule has 0 aromatic carbocycles. The summed E-state index contributed by atoms with van der Waals surface area (Å²) in [5.41, 5.74) is -0.160. The van der Waals surface area contributed by atoms with E-state index in [9.17, 15) is 4.79 Å². The summed E-state index contributed by atoms with van der Waals surface area (Å²) >= 11 is 0. The van der Waals surface area contributed by atoms with Gasteiger partial charge in [-0.25, -0.2) is 4.79 Å². The number of carbonyl (C=O) groups excluding carboxylic acids is 1. The minimum atomic E-state index is -0.160. The van der Waals surface area contributed by atoms with Crippen LogP contribution in [0, 0.1) is 0 Å². The first-order valence-corrected chi connectivity index (χ1v) is 5.20. The molecule has 1 unspecified atom stereocenters. The standard InChI is InChI=1S/C10H20N2O2/c1-4-10(2,3)11-9(14)12-6-5-8(12)7-13/h8,13H,4-7H2,1-3H3,(H,11,14). The first kappa shape index (κ1) is 11.3. The molecular formula is C10H20N2O2. The molecule has 1 rings (SSSR count). The van der Waals surface area contributed by atoms with Gasteiger partial charge in [-0.2, -0.15) is 0 Å². The van der Waals surface area contributed by atoms with E-state index in [0.717, 1.165) is 19.4 Å². The van der Waals surface area contributed by atoms with Crippen molar-refractivity contribution in [1.29, 1.82) is 0 Å². The van der Waals surface area contributed by atoms with Crippen LogP contribution in [-0.2, 0) is 0 Å². The maximum atomic E-state index is 11.7. The second-order valence-electron chi connectivity index (χ2n) is 4.49. The van der Waals surface area contributed by atoms with Gasteiger partial charge in [-0.1, -0.05) is 6.92 Å². The fraction of sp³-hybridized carbons (Fsp3) is 0.900. The van der Waals surface area contributed by atoms with Gasteiger partial charge in [0.25, 0.3) is 0 Å². The number of likely N-dealkylation sites (tertiary alicyclic amines) is 1. The molecule has 0 aromatic heterocycles. The molecule has 1 heterocycles. The summed E-state index contributed by atoms with van der Waals surface area (Å²) in [6, 6.07) is -0.0233. The molecule has 0 aromatic rings. The molecule has 0 saturated carbocycles. The predicted molar refractivity (Wildman–Crippen MR) is 55.1 cm³/mol. The van der Waals surface area contributed by atoms with E-state index in [4.69, 9.17) is 5.11 Å². The predicted octanol–water partition coefficient (Wildman–Crippen LogP) is 0.951. The van der Waals surface area contributed by atoms with E-state index in [1.807, 2.05) is 20.8 Å². The number of nitrogens with zero attached hydrogens (tertiary/aromatic N) is 1. The van der Waals surface area contributed by atoms with Crippen molar-refractivity contribution in [3.05, 3.63) is 0 Å². The number of nitrogens with one attached hydrogen (secondary N) is 1. The summed E-state index contributed by atoms with van der Waals surface area (Å²) < 4.78 is 0. The van der Waals surface area contributed by atoms with Crippen LogP contribution in [0.2, 0.25) is 0 Å². The van der Waals surface area contributed by atoms with Crippen molar-refractivity contribution in [2.75, 3.05) is 13.2 Å². The van der Waals surface area contributed by atoms with E-state index in [-0.39, 0.29) is 24.2 Å². The number of hydrogen-bond donors (Lipinski definition) is 2. The highest BCUT2D eigenvalue weighted by atomic mass is 16.3. The number of aliphatic hydroxyl groups is 1. The van der Waals surface area contributed by atoms with Crippen LogP contribution in [0.4, 0.5) is 4.79 Å². The number of urea groups is 1. The lowest BCUT2D eigenvalue weighted by Crippen LogP contribution is -2.59. The highest BCUT2D eigenvalue weighted by molar-refractivity contribution is 5.76. The van der Waals surface area contributed by atoms with Gasteiger partial charge in [-0.05, 0) is 26.7 Å². The number of hydrogen-bond acceptors (Lipinski definition) is 2. The Kier molecular flexibility index (Phi) is 3.37. The summed E-state index contributed by atoms with van der Waals surface area (Å²) in [6.45, 7) is 6.87. The van der Waals surface area contributed by atoms with Crippen LogP contribution < -0.4 is 5.32 Å². The van der Waals surface area contributed by atoms with Gasteiger partial charge in [0.1, 0.15) is 0 Å². The van der Waals surface area contributed by atoms with Crippen LogP contribution in [0.25, 0.3) is 0 Å². The second kappa shape index (κ2) is 4.17. The maximum absolute atomic E-state index is 11.7. The average Bonchev–Trinajstić information content (AvgIpc) is 2.02. The van der Waals surface area contributed by atoms with Gasteiger partial charge in [0.2, 0.25) is 0 Å².